The molecule has 0 bridgehead atoms. The number of piperazine rings is 1. The van der Waals surface area contributed by atoms with Crippen molar-refractivity contribution in [2.24, 2.45) is 0 Å². The van der Waals surface area contributed by atoms with E-state index in [4.69, 9.17) is 4.52 Å². The summed E-state index contributed by atoms with van der Waals surface area (Å²) in [7, 11) is 3.84. The number of nitrogens with zero attached hydrogens (tertiary/aromatic N) is 6. The van der Waals surface area contributed by atoms with Crippen LogP contribution in [-0.2, 0) is 22.9 Å². The van der Waals surface area contributed by atoms with Crippen molar-refractivity contribution in [2.75, 3.05) is 51.7 Å². The number of likely N-dealkylation sites (N-methyl/N-ethyl adjacent to an activating group) is 1. The van der Waals surface area contributed by atoms with E-state index in [1.54, 1.807) is 29.3 Å². The summed E-state index contributed by atoms with van der Waals surface area (Å²) >= 11 is 0. The minimum atomic E-state index is -4.67. The predicted octanol–water partition coefficient (Wildman–Crippen LogP) is 4.14. The molecule has 0 aliphatic carbocycles. The Hall–Kier alpha value is -4.26. The van der Waals surface area contributed by atoms with Gasteiger partial charge in [-0.25, -0.2) is 0 Å². The highest BCUT2D eigenvalue weighted by Gasteiger charge is 2.34. The van der Waals surface area contributed by atoms with E-state index in [2.05, 4.69) is 20.4 Å². The van der Waals surface area contributed by atoms with E-state index in [1.165, 1.54) is 12.3 Å². The van der Waals surface area contributed by atoms with E-state index in [-0.39, 0.29) is 23.9 Å². The topological polar surface area (TPSA) is 108 Å². The van der Waals surface area contributed by atoms with E-state index >= 15 is 0 Å². The van der Waals surface area contributed by atoms with Gasteiger partial charge in [-0.05, 0) is 37.4 Å². The summed E-state index contributed by atoms with van der Waals surface area (Å²) in [6, 6.07) is 5.71. The van der Waals surface area contributed by atoms with Crippen LogP contribution in [0.2, 0.25) is 0 Å². The lowest BCUT2D eigenvalue weighted by atomic mass is 9.96. The molecule has 13 heteroatoms. The van der Waals surface area contributed by atoms with Gasteiger partial charge in [0, 0.05) is 62.5 Å². The van der Waals surface area contributed by atoms with Crippen LogP contribution < -0.4 is 10.2 Å². The van der Waals surface area contributed by atoms with E-state index in [9.17, 15) is 22.8 Å². The molecular formula is C30H36F3N7O3. The van der Waals surface area contributed by atoms with Gasteiger partial charge in [-0.2, -0.15) is 18.2 Å². The molecule has 1 aliphatic heterocycles. The smallest absolute Gasteiger partial charge is 0.366 e. The second kappa shape index (κ2) is 12.9. The Balaban J connectivity index is 1.50. The van der Waals surface area contributed by atoms with Crippen LogP contribution >= 0.6 is 0 Å². The first-order valence-corrected chi connectivity index (χ1v) is 13.9. The van der Waals surface area contributed by atoms with Crippen LogP contribution in [0.4, 0.5) is 18.9 Å². The van der Waals surface area contributed by atoms with Crippen molar-refractivity contribution in [3.8, 4) is 11.1 Å². The van der Waals surface area contributed by atoms with Gasteiger partial charge in [0.1, 0.15) is 0 Å². The number of aromatic nitrogens is 3. The second-order valence-corrected chi connectivity index (χ2v) is 11.6. The molecule has 3 aromatic rings. The largest absolute Gasteiger partial charge is 0.416 e. The van der Waals surface area contributed by atoms with Gasteiger partial charge in [0.05, 0.1) is 17.4 Å². The molecular weight excluding hydrogens is 563 g/mol. The van der Waals surface area contributed by atoms with Crippen molar-refractivity contribution in [1.29, 1.82) is 0 Å². The molecule has 1 aliphatic rings. The van der Waals surface area contributed by atoms with Gasteiger partial charge in [-0.15, -0.1) is 0 Å². The van der Waals surface area contributed by atoms with E-state index < -0.39 is 23.1 Å². The number of benzene rings is 1. The Labute approximate surface area is 248 Å². The number of carbonyl (C=O) groups excluding carboxylic acids is 2. The lowest BCUT2D eigenvalue weighted by Crippen LogP contribution is -2.48. The molecule has 43 heavy (non-hydrogen) atoms. The molecule has 2 amide bonds. The fourth-order valence-electron chi connectivity index (χ4n) is 4.55. The molecule has 0 unspecified atom stereocenters. The molecule has 0 atom stereocenters. The van der Waals surface area contributed by atoms with Crippen LogP contribution in [0.15, 0.2) is 53.3 Å². The number of pyridine rings is 1. The highest BCUT2D eigenvalue weighted by atomic mass is 19.4. The monoisotopic (exact) mass is 599 g/mol. The number of carbonyl (C=O) groups is 2. The van der Waals surface area contributed by atoms with Gasteiger partial charge in [0.2, 0.25) is 5.91 Å². The third kappa shape index (κ3) is 7.98. The van der Waals surface area contributed by atoms with Crippen LogP contribution in [-0.4, -0.2) is 83.6 Å². The van der Waals surface area contributed by atoms with Crippen LogP contribution in [0, 0.1) is 0 Å². The molecule has 1 N–H and O–H groups in total. The Bertz CT molecular complexity index is 1470. The summed E-state index contributed by atoms with van der Waals surface area (Å²) in [6.07, 6.45) is 1.88. The summed E-state index contributed by atoms with van der Waals surface area (Å²) < 4.78 is 47.6. The zero-order valence-corrected chi connectivity index (χ0v) is 24.9. The standard InChI is InChI=1S/C30H36F3N7O3/c1-29(2,3)28-36-27(43-37-28)26(42)35-18-21-9-8-20(17-23(21)30(31,32)33)22-10-11-34-19-24(22)39-13-15-40(16-14-39)25(41)7-6-12-38(4)5/h6-11,17,19H,12-16,18H2,1-5H3,(H,35,42). The van der Waals surface area contributed by atoms with Gasteiger partial charge in [0.25, 0.3) is 0 Å². The molecule has 230 valence electrons. The summed E-state index contributed by atoms with van der Waals surface area (Å²) in [5.41, 5.74) is 0.192. The number of hydrogen-bond donors (Lipinski definition) is 1. The van der Waals surface area contributed by atoms with Gasteiger partial charge < -0.3 is 24.5 Å². The third-order valence-corrected chi connectivity index (χ3v) is 6.92. The molecule has 4 rings (SSSR count). The van der Waals surface area contributed by atoms with Gasteiger partial charge >= 0.3 is 18.0 Å². The number of hydrogen-bond acceptors (Lipinski definition) is 8. The summed E-state index contributed by atoms with van der Waals surface area (Å²) in [4.78, 5) is 39.1. The minimum Gasteiger partial charge on any atom is -0.366 e. The van der Waals surface area contributed by atoms with E-state index in [0.717, 1.165) is 6.07 Å². The number of amides is 2. The van der Waals surface area contributed by atoms with Gasteiger partial charge in [-0.1, -0.05) is 44.1 Å². The number of nitrogens with one attached hydrogen (secondary N) is 1. The quantitative estimate of drug-likeness (QED) is 0.385. The summed E-state index contributed by atoms with van der Waals surface area (Å²) in [5, 5.41) is 6.24. The molecule has 2 aromatic heterocycles. The van der Waals surface area contributed by atoms with Crippen molar-refractivity contribution in [3.05, 3.63) is 71.7 Å². The summed E-state index contributed by atoms with van der Waals surface area (Å²) in [6.45, 7) is 7.78. The second-order valence-electron chi connectivity index (χ2n) is 11.6. The maximum atomic E-state index is 14.2. The molecule has 1 saturated heterocycles. The predicted molar refractivity (Wildman–Crippen MR) is 155 cm³/mol. The average molecular weight is 600 g/mol. The first-order chi connectivity index (χ1) is 20.2. The van der Waals surface area contributed by atoms with Crippen LogP contribution in [0.25, 0.3) is 11.1 Å². The third-order valence-electron chi connectivity index (χ3n) is 6.92. The van der Waals surface area contributed by atoms with Gasteiger partial charge in [0.15, 0.2) is 5.82 Å². The van der Waals surface area contributed by atoms with E-state index in [1.807, 2.05) is 50.7 Å². The SMILES string of the molecule is CN(C)CC=CC(=O)N1CCN(c2cnccc2-c2ccc(CNC(=O)c3nc(C(C)(C)C)no3)c(C(F)(F)F)c2)CC1. The molecule has 1 aromatic carbocycles. The molecule has 1 fully saturated rings. The number of rotatable bonds is 8. The van der Waals surface area contributed by atoms with Crippen LogP contribution in [0.3, 0.4) is 0 Å². The zero-order chi connectivity index (χ0) is 31.4. The minimum absolute atomic E-state index is 0.0702. The maximum absolute atomic E-state index is 14.2. The molecule has 10 nitrogen and oxygen atoms in total. The lowest BCUT2D eigenvalue weighted by Gasteiger charge is -2.36. The van der Waals surface area contributed by atoms with Crippen molar-refractivity contribution in [3.63, 3.8) is 0 Å². The highest BCUT2D eigenvalue weighted by Crippen LogP contribution is 2.37. The lowest BCUT2D eigenvalue weighted by molar-refractivity contribution is -0.138. The fraction of sp³-hybridized carbons (Fsp3) is 0.433. The summed E-state index contributed by atoms with van der Waals surface area (Å²) in [5.74, 6) is -0.833. The Morgan fingerprint density at radius 3 is 2.44 bits per heavy atom. The first kappa shape index (κ1) is 31.7. The van der Waals surface area contributed by atoms with Crippen molar-refractivity contribution in [1.82, 2.24) is 30.2 Å². The maximum Gasteiger partial charge on any atom is 0.416 e. The number of anilines is 1. The fourth-order valence-corrected chi connectivity index (χ4v) is 4.55. The van der Waals surface area contributed by atoms with Crippen LogP contribution in [0.5, 0.6) is 0 Å². The molecule has 0 radical (unpaired) electrons. The zero-order valence-electron chi connectivity index (χ0n) is 24.9. The number of alkyl halides is 3. The Morgan fingerprint density at radius 1 is 1.09 bits per heavy atom. The Kier molecular flexibility index (Phi) is 9.53. The van der Waals surface area contributed by atoms with Gasteiger partial charge in [-0.3, -0.25) is 14.6 Å². The number of halogens is 3. The van der Waals surface area contributed by atoms with E-state index in [0.29, 0.717) is 55.4 Å². The first-order valence-electron chi connectivity index (χ1n) is 13.9. The normalized spacial score (nSPS) is 14.5. The van der Waals surface area contributed by atoms with Crippen molar-refractivity contribution < 1.29 is 27.3 Å². The van der Waals surface area contributed by atoms with Crippen LogP contribution in [0.1, 0.15) is 48.4 Å². The molecule has 0 spiro atoms. The highest BCUT2D eigenvalue weighted by molar-refractivity contribution is 5.89. The van der Waals surface area contributed by atoms with Crippen molar-refractivity contribution in [2.45, 2.75) is 38.9 Å². The molecule has 0 saturated carbocycles. The van der Waals surface area contributed by atoms with Crippen molar-refractivity contribution >= 4 is 17.5 Å². The average Bonchev–Trinajstić information content (AvgIpc) is 3.47. The Morgan fingerprint density at radius 2 is 1.81 bits per heavy atom. The molecule has 3 heterocycles.